The van der Waals surface area contributed by atoms with Crippen molar-refractivity contribution in [1.29, 1.82) is 0 Å². The molecule has 0 aliphatic carbocycles. The molecular formula is C22H16N4O. The van der Waals surface area contributed by atoms with Crippen molar-refractivity contribution in [3.8, 4) is 22.6 Å². The minimum Gasteiger partial charge on any atom is -0.355 e. The quantitative estimate of drug-likeness (QED) is 0.524. The molecule has 0 unspecified atom stereocenters. The summed E-state index contributed by atoms with van der Waals surface area (Å²) in [5.74, 6) is 0. The lowest BCUT2D eigenvalue weighted by Gasteiger charge is -2.13. The van der Waals surface area contributed by atoms with E-state index < -0.39 is 0 Å². The Morgan fingerprint density at radius 2 is 1.48 bits per heavy atom. The molecule has 4 rings (SSSR count). The molecule has 130 valence electrons. The highest BCUT2D eigenvalue weighted by Gasteiger charge is 2.17. The summed E-state index contributed by atoms with van der Waals surface area (Å²) < 4.78 is 0. The first-order valence-corrected chi connectivity index (χ1v) is 8.50. The Morgan fingerprint density at radius 3 is 2.26 bits per heavy atom. The van der Waals surface area contributed by atoms with Gasteiger partial charge in [-0.15, -0.1) is 0 Å². The SMILES string of the molecule is O=Cc1c(Nc2ccccc2)ccnc1-c1ncccc1-c1ccccn1. The molecule has 0 radical (unpaired) electrons. The van der Waals surface area contributed by atoms with E-state index in [0.29, 0.717) is 22.6 Å². The zero-order chi connectivity index (χ0) is 18.5. The van der Waals surface area contributed by atoms with E-state index in [1.165, 1.54) is 0 Å². The molecule has 1 aromatic carbocycles. The molecule has 1 N–H and O–H groups in total. The smallest absolute Gasteiger partial charge is 0.154 e. The number of carbonyl (C=O) groups excluding carboxylic acids is 1. The van der Waals surface area contributed by atoms with Crippen molar-refractivity contribution in [3.05, 3.63) is 90.9 Å². The highest BCUT2D eigenvalue weighted by atomic mass is 16.1. The van der Waals surface area contributed by atoms with E-state index in [-0.39, 0.29) is 0 Å². The van der Waals surface area contributed by atoms with Crippen LogP contribution in [0.4, 0.5) is 11.4 Å². The second-order valence-electron chi connectivity index (χ2n) is 5.84. The number of aldehydes is 1. The first kappa shape index (κ1) is 16.6. The van der Waals surface area contributed by atoms with Crippen molar-refractivity contribution < 1.29 is 4.79 Å². The Kier molecular flexibility index (Phi) is 4.66. The highest BCUT2D eigenvalue weighted by molar-refractivity contribution is 5.95. The average molecular weight is 352 g/mol. The third-order valence-electron chi connectivity index (χ3n) is 4.13. The number of nitrogens with zero attached hydrogens (tertiary/aromatic N) is 3. The maximum atomic E-state index is 11.9. The van der Waals surface area contributed by atoms with Crippen LogP contribution < -0.4 is 5.32 Å². The molecule has 0 aliphatic rings. The van der Waals surface area contributed by atoms with Gasteiger partial charge in [-0.1, -0.05) is 24.3 Å². The van der Waals surface area contributed by atoms with E-state index in [4.69, 9.17) is 0 Å². The number of pyridine rings is 3. The van der Waals surface area contributed by atoms with Crippen LogP contribution in [0.15, 0.2) is 85.3 Å². The number of aromatic nitrogens is 3. The zero-order valence-electron chi connectivity index (χ0n) is 14.4. The van der Waals surface area contributed by atoms with E-state index in [2.05, 4.69) is 20.3 Å². The fraction of sp³-hybridized carbons (Fsp3) is 0. The van der Waals surface area contributed by atoms with E-state index in [0.717, 1.165) is 23.2 Å². The Hall–Kier alpha value is -3.86. The van der Waals surface area contributed by atoms with E-state index >= 15 is 0 Å². The van der Waals surface area contributed by atoms with Gasteiger partial charge in [-0.2, -0.15) is 0 Å². The van der Waals surface area contributed by atoms with Crippen LogP contribution >= 0.6 is 0 Å². The number of hydrogen-bond acceptors (Lipinski definition) is 5. The summed E-state index contributed by atoms with van der Waals surface area (Å²) in [7, 11) is 0. The second kappa shape index (κ2) is 7.58. The molecule has 0 atom stereocenters. The van der Waals surface area contributed by atoms with Crippen molar-refractivity contribution >= 4 is 17.7 Å². The number of benzene rings is 1. The monoisotopic (exact) mass is 352 g/mol. The fourth-order valence-electron chi connectivity index (χ4n) is 2.89. The molecule has 0 fully saturated rings. The lowest BCUT2D eigenvalue weighted by Crippen LogP contribution is -2.02. The summed E-state index contributed by atoms with van der Waals surface area (Å²) in [6, 6.07) is 20.9. The number of rotatable bonds is 5. The summed E-state index contributed by atoms with van der Waals surface area (Å²) in [6.45, 7) is 0. The van der Waals surface area contributed by atoms with Crippen LogP contribution in [-0.4, -0.2) is 21.2 Å². The maximum absolute atomic E-state index is 11.9. The minimum absolute atomic E-state index is 0.456. The zero-order valence-corrected chi connectivity index (χ0v) is 14.4. The topological polar surface area (TPSA) is 67.8 Å². The molecule has 3 aromatic heterocycles. The fourth-order valence-corrected chi connectivity index (χ4v) is 2.89. The van der Waals surface area contributed by atoms with E-state index in [9.17, 15) is 4.79 Å². The molecular weight excluding hydrogens is 336 g/mol. The summed E-state index contributed by atoms with van der Waals surface area (Å²) in [5, 5.41) is 3.28. The Labute approximate surface area is 156 Å². The van der Waals surface area contributed by atoms with E-state index in [1.807, 2.05) is 60.7 Å². The van der Waals surface area contributed by atoms with Gasteiger partial charge in [0.1, 0.15) is 5.69 Å². The van der Waals surface area contributed by atoms with Gasteiger partial charge in [0, 0.05) is 29.8 Å². The van der Waals surface area contributed by atoms with Gasteiger partial charge in [-0.25, -0.2) is 0 Å². The van der Waals surface area contributed by atoms with Gasteiger partial charge in [0.2, 0.25) is 0 Å². The third-order valence-corrected chi connectivity index (χ3v) is 4.13. The Balaban J connectivity index is 1.84. The van der Waals surface area contributed by atoms with Crippen molar-refractivity contribution in [2.24, 2.45) is 0 Å². The van der Waals surface area contributed by atoms with Crippen LogP contribution in [0, 0.1) is 0 Å². The van der Waals surface area contributed by atoms with Crippen molar-refractivity contribution in [1.82, 2.24) is 15.0 Å². The Bertz CT molecular complexity index is 1070. The first-order chi connectivity index (χ1) is 13.4. The van der Waals surface area contributed by atoms with E-state index in [1.54, 1.807) is 24.7 Å². The molecule has 0 amide bonds. The van der Waals surface area contributed by atoms with Crippen LogP contribution in [-0.2, 0) is 0 Å². The largest absolute Gasteiger partial charge is 0.355 e. The Morgan fingerprint density at radius 1 is 0.704 bits per heavy atom. The van der Waals surface area contributed by atoms with Gasteiger partial charge in [-0.3, -0.25) is 19.7 Å². The molecule has 0 saturated heterocycles. The first-order valence-electron chi connectivity index (χ1n) is 8.50. The lowest BCUT2D eigenvalue weighted by atomic mass is 10.0. The van der Waals surface area contributed by atoms with Gasteiger partial charge in [0.15, 0.2) is 6.29 Å². The number of anilines is 2. The summed E-state index contributed by atoms with van der Waals surface area (Å²) in [6.07, 6.45) is 5.90. The van der Waals surface area contributed by atoms with Crippen LogP contribution in [0.3, 0.4) is 0 Å². The summed E-state index contributed by atoms with van der Waals surface area (Å²) in [5.41, 5.74) is 4.77. The normalized spacial score (nSPS) is 10.4. The molecule has 0 bridgehead atoms. The van der Waals surface area contributed by atoms with Crippen LogP contribution in [0.25, 0.3) is 22.6 Å². The van der Waals surface area contributed by atoms with Crippen molar-refractivity contribution in [3.63, 3.8) is 0 Å². The minimum atomic E-state index is 0.456. The number of hydrogen-bond donors (Lipinski definition) is 1. The highest BCUT2D eigenvalue weighted by Crippen LogP contribution is 2.32. The molecule has 0 aliphatic heterocycles. The molecule has 3 heterocycles. The molecule has 5 heteroatoms. The van der Waals surface area contributed by atoms with Crippen molar-refractivity contribution in [2.45, 2.75) is 0 Å². The van der Waals surface area contributed by atoms with Gasteiger partial charge in [0.25, 0.3) is 0 Å². The van der Waals surface area contributed by atoms with Gasteiger partial charge in [-0.05, 0) is 42.5 Å². The molecule has 0 saturated carbocycles. The lowest BCUT2D eigenvalue weighted by molar-refractivity contribution is 0.112. The molecule has 0 spiro atoms. The average Bonchev–Trinajstić information content (AvgIpc) is 2.75. The third kappa shape index (κ3) is 3.43. The van der Waals surface area contributed by atoms with Crippen molar-refractivity contribution in [2.75, 3.05) is 5.32 Å². The van der Waals surface area contributed by atoms with Crippen LogP contribution in [0.1, 0.15) is 10.4 Å². The molecule has 4 aromatic rings. The standard InChI is InChI=1S/C22H16N4O/c27-15-18-20(26-16-7-2-1-3-8-16)11-14-25-22(18)21-17(9-6-13-24-21)19-10-4-5-12-23-19/h1-15H,(H,25,26). The predicted octanol–water partition coefficient (Wildman–Crippen LogP) is 4.76. The molecule has 27 heavy (non-hydrogen) atoms. The molecule has 5 nitrogen and oxygen atoms in total. The maximum Gasteiger partial charge on any atom is 0.154 e. The van der Waals surface area contributed by atoms with Gasteiger partial charge < -0.3 is 5.32 Å². The van der Waals surface area contributed by atoms with Crippen LogP contribution in [0.2, 0.25) is 0 Å². The number of para-hydroxylation sites is 1. The number of carbonyl (C=O) groups is 1. The van der Waals surface area contributed by atoms with Gasteiger partial charge >= 0.3 is 0 Å². The summed E-state index contributed by atoms with van der Waals surface area (Å²) in [4.78, 5) is 25.3. The second-order valence-corrected chi connectivity index (χ2v) is 5.84. The van der Waals surface area contributed by atoms with Crippen LogP contribution in [0.5, 0.6) is 0 Å². The van der Waals surface area contributed by atoms with Gasteiger partial charge in [0.05, 0.1) is 22.6 Å². The predicted molar refractivity (Wildman–Crippen MR) is 106 cm³/mol. The number of nitrogens with one attached hydrogen (secondary N) is 1. The summed E-state index contributed by atoms with van der Waals surface area (Å²) >= 11 is 0.